The number of para-hydroxylation sites is 1. The average molecular weight is 361 g/mol. The highest BCUT2D eigenvalue weighted by Crippen LogP contribution is 2.23. The van der Waals surface area contributed by atoms with Crippen LogP contribution in [-0.4, -0.2) is 43.6 Å². The molecule has 27 heavy (non-hydrogen) atoms. The van der Waals surface area contributed by atoms with E-state index in [4.69, 9.17) is 4.74 Å². The fourth-order valence-corrected chi connectivity index (χ4v) is 2.60. The van der Waals surface area contributed by atoms with Gasteiger partial charge in [0.2, 0.25) is 5.69 Å². The Bertz CT molecular complexity index is 1140. The third-order valence-corrected chi connectivity index (χ3v) is 3.81. The lowest BCUT2D eigenvalue weighted by molar-refractivity contribution is 0.0521. The highest BCUT2D eigenvalue weighted by molar-refractivity contribution is 5.98. The second kappa shape index (κ2) is 7.16. The summed E-state index contributed by atoms with van der Waals surface area (Å²) in [6.45, 7) is 1.97. The van der Waals surface area contributed by atoms with E-state index in [0.717, 1.165) is 16.5 Å². The molecule has 0 aliphatic rings. The lowest BCUT2D eigenvalue weighted by Gasteiger charge is -2.07. The van der Waals surface area contributed by atoms with E-state index in [1.807, 2.05) is 36.4 Å². The summed E-state index contributed by atoms with van der Waals surface area (Å²) in [6, 6.07) is 11.2. The van der Waals surface area contributed by atoms with E-state index in [-0.39, 0.29) is 12.3 Å². The Kier molecular flexibility index (Phi) is 4.40. The van der Waals surface area contributed by atoms with Crippen LogP contribution in [0, 0.1) is 0 Å². The van der Waals surface area contributed by atoms with Crippen molar-refractivity contribution < 1.29 is 9.53 Å². The fourth-order valence-electron chi connectivity index (χ4n) is 2.60. The van der Waals surface area contributed by atoms with E-state index in [1.165, 1.54) is 4.52 Å². The van der Waals surface area contributed by atoms with Crippen molar-refractivity contribution in [3.8, 4) is 0 Å². The number of rotatable bonds is 5. The minimum absolute atomic E-state index is 0.0590. The summed E-state index contributed by atoms with van der Waals surface area (Å²) in [5, 5.41) is 13.0. The van der Waals surface area contributed by atoms with Gasteiger partial charge in [-0.15, -0.1) is 5.10 Å². The van der Waals surface area contributed by atoms with Gasteiger partial charge in [0.25, 0.3) is 0 Å². The molecule has 3 heterocycles. The monoisotopic (exact) mass is 361 g/mol. The number of esters is 1. The molecule has 9 heteroatoms. The van der Waals surface area contributed by atoms with E-state index in [2.05, 4.69) is 30.8 Å². The number of pyridine rings is 1. The lowest BCUT2D eigenvalue weighted by atomic mass is 10.2. The molecule has 0 spiro atoms. The number of nitrogens with zero attached hydrogens (tertiary/aromatic N) is 6. The number of carbonyl (C=O) groups excluding carboxylic acids is 1. The quantitative estimate of drug-likeness (QED) is 0.330. The Morgan fingerprint density at radius 2 is 2.07 bits per heavy atom. The van der Waals surface area contributed by atoms with Gasteiger partial charge in [0.05, 0.1) is 18.3 Å². The van der Waals surface area contributed by atoms with Crippen LogP contribution in [0.2, 0.25) is 0 Å². The van der Waals surface area contributed by atoms with Gasteiger partial charge in [-0.05, 0) is 36.8 Å². The van der Waals surface area contributed by atoms with Crippen molar-refractivity contribution in [1.82, 2.24) is 24.8 Å². The molecule has 0 fully saturated rings. The molecule has 0 bridgehead atoms. The molecule has 0 unspecified atom stereocenters. The summed E-state index contributed by atoms with van der Waals surface area (Å²) in [6.07, 6.45) is 5.03. The Hall–Kier alpha value is -3.88. The molecule has 0 aliphatic carbocycles. The number of ether oxygens (including phenoxy) is 1. The number of aromatic nitrogens is 5. The van der Waals surface area contributed by atoms with Gasteiger partial charge in [0.15, 0.2) is 11.5 Å². The standard InChI is InChI=1S/C18H15N7O2/c1-2-27-18(26)15-17-21-16(23-20-11-12-7-9-19-10-8-12)13-5-3-4-6-14(13)25(17)24-22-15/h3-11H,2H2,1H3,(H,21,23). The highest BCUT2D eigenvalue weighted by Gasteiger charge is 2.20. The summed E-state index contributed by atoms with van der Waals surface area (Å²) < 4.78 is 6.55. The number of benzene rings is 1. The van der Waals surface area contributed by atoms with E-state index in [1.54, 1.807) is 25.5 Å². The van der Waals surface area contributed by atoms with Crippen molar-refractivity contribution in [3.05, 3.63) is 60.0 Å². The van der Waals surface area contributed by atoms with Crippen LogP contribution < -0.4 is 5.43 Å². The number of nitrogens with one attached hydrogen (secondary N) is 1. The zero-order valence-electron chi connectivity index (χ0n) is 14.4. The Morgan fingerprint density at radius 1 is 1.26 bits per heavy atom. The fraction of sp³-hybridized carbons (Fsp3) is 0.111. The Labute approximate surface area is 153 Å². The third kappa shape index (κ3) is 3.17. The van der Waals surface area contributed by atoms with Crippen LogP contribution in [0.5, 0.6) is 0 Å². The molecule has 3 aromatic heterocycles. The molecule has 0 amide bonds. The van der Waals surface area contributed by atoms with Gasteiger partial charge in [0, 0.05) is 17.8 Å². The zero-order valence-corrected chi connectivity index (χ0v) is 14.4. The second-order valence-electron chi connectivity index (χ2n) is 5.52. The van der Waals surface area contributed by atoms with Crippen molar-refractivity contribution in [1.29, 1.82) is 0 Å². The van der Waals surface area contributed by atoms with Crippen LogP contribution in [0.15, 0.2) is 53.9 Å². The molecule has 9 nitrogen and oxygen atoms in total. The number of hydrogen-bond donors (Lipinski definition) is 1. The van der Waals surface area contributed by atoms with Crippen molar-refractivity contribution in [2.24, 2.45) is 5.10 Å². The third-order valence-electron chi connectivity index (χ3n) is 3.81. The minimum atomic E-state index is -0.568. The first-order valence-corrected chi connectivity index (χ1v) is 8.28. The van der Waals surface area contributed by atoms with Gasteiger partial charge in [-0.2, -0.15) is 9.62 Å². The van der Waals surface area contributed by atoms with E-state index >= 15 is 0 Å². The first-order valence-electron chi connectivity index (χ1n) is 8.28. The summed E-state index contributed by atoms with van der Waals surface area (Å²) in [4.78, 5) is 20.6. The summed E-state index contributed by atoms with van der Waals surface area (Å²) in [7, 11) is 0. The van der Waals surface area contributed by atoms with Crippen LogP contribution in [0.25, 0.3) is 16.6 Å². The molecule has 1 aromatic carbocycles. The molecule has 0 saturated carbocycles. The van der Waals surface area contributed by atoms with E-state index in [9.17, 15) is 4.79 Å². The first kappa shape index (κ1) is 16.6. The number of hydrogen-bond acceptors (Lipinski definition) is 8. The smallest absolute Gasteiger partial charge is 0.362 e. The van der Waals surface area contributed by atoms with Crippen LogP contribution in [-0.2, 0) is 4.74 Å². The molecule has 134 valence electrons. The minimum Gasteiger partial charge on any atom is -0.461 e. The van der Waals surface area contributed by atoms with E-state index in [0.29, 0.717) is 11.5 Å². The SMILES string of the molecule is CCOC(=O)c1nnn2c1nc(NN=Cc1ccncc1)c1ccccc12. The van der Waals surface area contributed by atoms with Gasteiger partial charge in [-0.3, -0.25) is 10.4 Å². The average Bonchev–Trinajstić information content (AvgIpc) is 3.13. The van der Waals surface area contributed by atoms with Crippen molar-refractivity contribution in [2.45, 2.75) is 6.92 Å². The first-order chi connectivity index (χ1) is 13.3. The number of anilines is 1. The van der Waals surface area contributed by atoms with Gasteiger partial charge >= 0.3 is 5.97 Å². The molecule has 0 saturated heterocycles. The summed E-state index contributed by atoms with van der Waals surface area (Å²) >= 11 is 0. The predicted octanol–water partition coefficient (Wildman–Crippen LogP) is 2.30. The number of hydrazone groups is 1. The van der Waals surface area contributed by atoms with Gasteiger partial charge in [-0.1, -0.05) is 17.3 Å². The maximum Gasteiger partial charge on any atom is 0.362 e. The lowest BCUT2D eigenvalue weighted by Crippen LogP contribution is -2.07. The molecular formula is C18H15N7O2. The Balaban J connectivity index is 1.79. The molecule has 4 aromatic rings. The Morgan fingerprint density at radius 3 is 2.89 bits per heavy atom. The largest absolute Gasteiger partial charge is 0.461 e. The van der Waals surface area contributed by atoms with Gasteiger partial charge < -0.3 is 4.74 Å². The van der Waals surface area contributed by atoms with Crippen LogP contribution in [0.1, 0.15) is 23.0 Å². The maximum atomic E-state index is 12.1. The van der Waals surface area contributed by atoms with Crippen molar-refractivity contribution >= 4 is 34.6 Å². The van der Waals surface area contributed by atoms with E-state index < -0.39 is 5.97 Å². The summed E-state index contributed by atoms with van der Waals surface area (Å²) in [5.74, 6) is -0.0854. The molecular weight excluding hydrogens is 346 g/mol. The highest BCUT2D eigenvalue weighted by atomic mass is 16.5. The summed E-state index contributed by atoms with van der Waals surface area (Å²) in [5.41, 5.74) is 4.92. The number of carbonyl (C=O) groups is 1. The van der Waals surface area contributed by atoms with Crippen molar-refractivity contribution in [3.63, 3.8) is 0 Å². The topological polar surface area (TPSA) is 107 Å². The van der Waals surface area contributed by atoms with Crippen molar-refractivity contribution in [2.75, 3.05) is 12.0 Å². The predicted molar refractivity (Wildman–Crippen MR) is 99.7 cm³/mol. The maximum absolute atomic E-state index is 12.1. The molecule has 0 radical (unpaired) electrons. The molecule has 0 aliphatic heterocycles. The zero-order chi connectivity index (χ0) is 18.6. The molecule has 4 rings (SSSR count). The van der Waals surface area contributed by atoms with Crippen LogP contribution in [0.4, 0.5) is 5.82 Å². The molecule has 0 atom stereocenters. The van der Waals surface area contributed by atoms with Gasteiger partial charge in [-0.25, -0.2) is 9.78 Å². The molecule has 1 N–H and O–H groups in total. The normalized spacial score (nSPS) is 11.3. The number of fused-ring (bicyclic) bond motifs is 3. The second-order valence-corrected chi connectivity index (χ2v) is 5.52. The van der Waals surface area contributed by atoms with Crippen LogP contribution in [0.3, 0.4) is 0 Å². The van der Waals surface area contributed by atoms with Crippen LogP contribution >= 0.6 is 0 Å². The van der Waals surface area contributed by atoms with Gasteiger partial charge in [0.1, 0.15) is 0 Å².